The first-order valence-electron chi connectivity index (χ1n) is 10.3. The first-order valence-corrected chi connectivity index (χ1v) is 10.3. The van der Waals surface area contributed by atoms with E-state index in [1.165, 1.54) is 4.90 Å². The second-order valence-corrected chi connectivity index (χ2v) is 7.84. The summed E-state index contributed by atoms with van der Waals surface area (Å²) in [5, 5.41) is 11.3. The van der Waals surface area contributed by atoms with Crippen LogP contribution in [0, 0.1) is 13.8 Å². The Morgan fingerprint density at radius 2 is 1.82 bits per heavy atom. The number of benzene rings is 2. The minimum atomic E-state index is -0.958. The van der Waals surface area contributed by atoms with E-state index in [-0.39, 0.29) is 18.1 Å². The Bertz CT molecular complexity index is 1320. The molecule has 1 atom stereocenters. The molecule has 1 saturated heterocycles. The molecule has 8 nitrogen and oxygen atoms in total. The third-order valence-electron chi connectivity index (χ3n) is 5.80. The van der Waals surface area contributed by atoms with Crippen LogP contribution in [0.4, 0.5) is 5.69 Å². The smallest absolute Gasteiger partial charge is 0.300 e. The molecule has 3 heterocycles. The number of furan rings is 1. The van der Waals surface area contributed by atoms with Crippen molar-refractivity contribution in [2.75, 3.05) is 18.8 Å². The number of aryl methyl sites for hydroxylation is 2. The van der Waals surface area contributed by atoms with Crippen LogP contribution in [0.1, 0.15) is 28.7 Å². The van der Waals surface area contributed by atoms with Gasteiger partial charge in [-0.05, 0) is 61.9 Å². The van der Waals surface area contributed by atoms with E-state index in [0.717, 1.165) is 0 Å². The van der Waals surface area contributed by atoms with Gasteiger partial charge in [0.05, 0.1) is 12.7 Å². The van der Waals surface area contributed by atoms with Crippen LogP contribution in [0.15, 0.2) is 58.5 Å². The number of hydrogen-bond donors (Lipinski definition) is 1. The molecule has 0 radical (unpaired) electrons. The van der Waals surface area contributed by atoms with E-state index >= 15 is 0 Å². The van der Waals surface area contributed by atoms with Crippen molar-refractivity contribution in [3.63, 3.8) is 0 Å². The van der Waals surface area contributed by atoms with Crippen LogP contribution in [0.5, 0.6) is 17.2 Å². The third kappa shape index (κ3) is 3.31. The Kier molecular flexibility index (Phi) is 4.85. The van der Waals surface area contributed by atoms with E-state index in [1.54, 1.807) is 69.5 Å². The first kappa shape index (κ1) is 20.7. The molecule has 0 bridgehead atoms. The zero-order chi connectivity index (χ0) is 23.3. The van der Waals surface area contributed by atoms with E-state index < -0.39 is 17.7 Å². The topological polar surface area (TPSA) is 98.4 Å². The van der Waals surface area contributed by atoms with Crippen LogP contribution in [-0.2, 0) is 9.59 Å². The summed E-state index contributed by atoms with van der Waals surface area (Å²) in [6.07, 6.45) is 0. The van der Waals surface area contributed by atoms with E-state index in [4.69, 9.17) is 18.6 Å². The maximum atomic E-state index is 13.2. The van der Waals surface area contributed by atoms with E-state index in [1.807, 2.05) is 0 Å². The largest absolute Gasteiger partial charge is 0.507 e. The van der Waals surface area contributed by atoms with Gasteiger partial charge < -0.3 is 23.7 Å². The van der Waals surface area contributed by atoms with Crippen LogP contribution in [0.2, 0.25) is 0 Å². The summed E-state index contributed by atoms with van der Waals surface area (Å²) in [6, 6.07) is 12.5. The van der Waals surface area contributed by atoms with E-state index in [0.29, 0.717) is 45.6 Å². The number of aliphatic hydroxyl groups is 1. The number of aliphatic hydroxyl groups excluding tert-OH is 1. The normalized spacial score (nSPS) is 18.8. The average Bonchev–Trinajstić information content (AvgIpc) is 3.51. The molecular formula is C25H21NO7. The fourth-order valence-electron chi connectivity index (χ4n) is 4.18. The lowest BCUT2D eigenvalue weighted by atomic mass is 9.96. The van der Waals surface area contributed by atoms with Crippen LogP contribution >= 0.6 is 0 Å². The molecule has 1 unspecified atom stereocenters. The fourth-order valence-corrected chi connectivity index (χ4v) is 4.18. The number of nitrogens with zero attached hydrogens (tertiary/aromatic N) is 1. The maximum Gasteiger partial charge on any atom is 0.300 e. The number of Topliss-reactive ketones (excluding diaryl/α,β-unsaturated/α-hetero) is 1. The van der Waals surface area contributed by atoms with Crippen molar-refractivity contribution in [1.82, 2.24) is 0 Å². The van der Waals surface area contributed by atoms with Crippen LogP contribution in [0.3, 0.4) is 0 Å². The van der Waals surface area contributed by atoms with Gasteiger partial charge in [0, 0.05) is 17.3 Å². The van der Waals surface area contributed by atoms with Crippen molar-refractivity contribution in [2.24, 2.45) is 0 Å². The number of rotatable bonds is 4. The van der Waals surface area contributed by atoms with Crippen molar-refractivity contribution in [1.29, 1.82) is 0 Å². The Morgan fingerprint density at radius 1 is 1.03 bits per heavy atom. The van der Waals surface area contributed by atoms with E-state index in [9.17, 15) is 14.7 Å². The summed E-state index contributed by atoms with van der Waals surface area (Å²) in [5.41, 5.74) is 1.48. The predicted molar refractivity (Wildman–Crippen MR) is 119 cm³/mol. The Balaban J connectivity index is 1.70. The van der Waals surface area contributed by atoms with Gasteiger partial charge in [-0.15, -0.1) is 0 Å². The van der Waals surface area contributed by atoms with Gasteiger partial charge in [0.2, 0.25) is 6.79 Å². The predicted octanol–water partition coefficient (Wildman–Crippen LogP) is 4.26. The van der Waals surface area contributed by atoms with Crippen LogP contribution in [0.25, 0.3) is 5.76 Å². The zero-order valence-corrected chi connectivity index (χ0v) is 18.2. The molecule has 2 aliphatic rings. The number of hydrogen-bond acceptors (Lipinski definition) is 7. The number of fused-ring (bicyclic) bond motifs is 1. The highest BCUT2D eigenvalue weighted by atomic mass is 16.7. The minimum absolute atomic E-state index is 0.0553. The second kappa shape index (κ2) is 7.74. The number of ether oxygens (including phenoxy) is 3. The van der Waals surface area contributed by atoms with Crippen molar-refractivity contribution in [2.45, 2.75) is 19.9 Å². The lowest BCUT2D eigenvalue weighted by Crippen LogP contribution is -2.29. The van der Waals surface area contributed by atoms with Gasteiger partial charge in [0.15, 0.2) is 11.5 Å². The Morgan fingerprint density at radius 3 is 2.52 bits per heavy atom. The molecule has 0 aliphatic carbocycles. The summed E-state index contributed by atoms with van der Waals surface area (Å²) in [5.74, 6) is 0.738. The van der Waals surface area contributed by atoms with Crippen molar-refractivity contribution in [3.8, 4) is 17.2 Å². The van der Waals surface area contributed by atoms with Crippen LogP contribution in [-0.4, -0.2) is 30.7 Å². The summed E-state index contributed by atoms with van der Waals surface area (Å²) in [7, 11) is 1.55. The molecule has 1 aromatic heterocycles. The molecule has 33 heavy (non-hydrogen) atoms. The highest BCUT2D eigenvalue weighted by Gasteiger charge is 2.48. The van der Waals surface area contributed by atoms with Gasteiger partial charge in [-0.2, -0.15) is 0 Å². The third-order valence-corrected chi connectivity index (χ3v) is 5.80. The number of carbonyl (C=O) groups is 2. The molecule has 168 valence electrons. The number of ketones is 1. The summed E-state index contributed by atoms with van der Waals surface area (Å²) < 4.78 is 21.9. The number of methoxy groups -OCH3 is 1. The number of anilines is 1. The minimum Gasteiger partial charge on any atom is -0.507 e. The van der Waals surface area contributed by atoms with Gasteiger partial charge in [0.1, 0.15) is 29.1 Å². The summed E-state index contributed by atoms with van der Waals surface area (Å²) in [4.78, 5) is 27.8. The van der Waals surface area contributed by atoms with Gasteiger partial charge in [-0.1, -0.05) is 0 Å². The molecule has 0 spiro atoms. The lowest BCUT2D eigenvalue weighted by molar-refractivity contribution is -0.132. The summed E-state index contributed by atoms with van der Waals surface area (Å²) in [6.45, 7) is 3.64. The SMILES string of the molecule is COc1ccc(/C(O)=C2/C(=O)C(=O)N(c3ccc4c(c3)OCO4)C2c2ccc(C)o2)c(C)c1. The Hall–Kier alpha value is -4.20. The molecule has 5 rings (SSSR count). The highest BCUT2D eigenvalue weighted by molar-refractivity contribution is 6.51. The quantitative estimate of drug-likeness (QED) is 0.362. The molecule has 2 aliphatic heterocycles. The van der Waals surface area contributed by atoms with Gasteiger partial charge in [0.25, 0.3) is 11.7 Å². The molecule has 8 heteroatoms. The molecule has 1 amide bonds. The summed E-state index contributed by atoms with van der Waals surface area (Å²) >= 11 is 0. The number of amides is 1. The maximum absolute atomic E-state index is 13.2. The van der Waals surface area contributed by atoms with E-state index in [2.05, 4.69) is 0 Å². The van der Waals surface area contributed by atoms with Gasteiger partial charge in [-0.3, -0.25) is 14.5 Å². The van der Waals surface area contributed by atoms with Gasteiger partial charge in [-0.25, -0.2) is 0 Å². The zero-order valence-electron chi connectivity index (χ0n) is 18.2. The molecule has 1 N–H and O–H groups in total. The fraction of sp³-hybridized carbons (Fsp3) is 0.200. The molecule has 1 fully saturated rings. The number of carbonyl (C=O) groups excluding carboxylic acids is 2. The molecular weight excluding hydrogens is 426 g/mol. The van der Waals surface area contributed by atoms with Crippen molar-refractivity contribution >= 4 is 23.1 Å². The van der Waals surface area contributed by atoms with Crippen molar-refractivity contribution in [3.05, 3.63) is 76.8 Å². The monoisotopic (exact) mass is 447 g/mol. The first-order chi connectivity index (χ1) is 15.9. The standard InChI is InChI=1S/C25H21NO7/c1-13-10-16(30-3)6-7-17(13)23(27)21-22(19-8-4-14(2)33-19)26(25(29)24(21)28)15-5-9-18-20(11-15)32-12-31-18/h4-11,22,27H,12H2,1-3H3/b23-21-. The molecule has 0 saturated carbocycles. The second-order valence-electron chi connectivity index (χ2n) is 7.84. The average molecular weight is 447 g/mol. The highest BCUT2D eigenvalue weighted by Crippen LogP contribution is 2.45. The Labute approximate surface area is 189 Å². The molecule has 2 aromatic carbocycles. The molecule has 3 aromatic rings. The van der Waals surface area contributed by atoms with Crippen molar-refractivity contribution < 1.29 is 33.3 Å². The lowest BCUT2D eigenvalue weighted by Gasteiger charge is -2.23. The van der Waals surface area contributed by atoms with Crippen LogP contribution < -0.4 is 19.1 Å². The van der Waals surface area contributed by atoms with Gasteiger partial charge >= 0.3 is 0 Å².